The summed E-state index contributed by atoms with van der Waals surface area (Å²) in [5, 5.41) is 3.02. The molecular weight excluding hydrogens is 192 g/mol. The van der Waals surface area contributed by atoms with Gasteiger partial charge in [0.1, 0.15) is 11.9 Å². The predicted octanol–water partition coefficient (Wildman–Crippen LogP) is 0.586. The summed E-state index contributed by atoms with van der Waals surface area (Å²) in [7, 11) is 0. The van der Waals surface area contributed by atoms with Crippen LogP contribution in [0.3, 0.4) is 0 Å². The van der Waals surface area contributed by atoms with E-state index in [2.05, 4.69) is 10.3 Å². The lowest BCUT2D eigenvalue weighted by molar-refractivity contribution is -0.119. The first kappa shape index (κ1) is 11.3. The van der Waals surface area contributed by atoms with Crippen molar-refractivity contribution in [1.82, 2.24) is 4.98 Å². The Hall–Kier alpha value is -1.78. The summed E-state index contributed by atoms with van der Waals surface area (Å²) >= 11 is 0. The van der Waals surface area contributed by atoms with E-state index in [1.54, 1.807) is 18.3 Å². The van der Waals surface area contributed by atoms with Crippen molar-refractivity contribution in [3.05, 3.63) is 18.3 Å². The van der Waals surface area contributed by atoms with Crippen molar-refractivity contribution in [3.63, 3.8) is 0 Å². The van der Waals surface area contributed by atoms with Crippen LogP contribution in [0, 0.1) is 5.92 Å². The predicted molar refractivity (Wildman–Crippen MR) is 60.1 cm³/mol. The molecule has 0 saturated heterocycles. The van der Waals surface area contributed by atoms with Gasteiger partial charge in [-0.25, -0.2) is 4.98 Å². The molecule has 1 rings (SSSR count). The van der Waals surface area contributed by atoms with Crippen molar-refractivity contribution in [1.29, 1.82) is 0 Å². The normalized spacial score (nSPS) is 12.5. The molecule has 0 aliphatic heterocycles. The van der Waals surface area contributed by atoms with Gasteiger partial charge in [-0.05, 0) is 12.0 Å². The number of hydrogen-bond donors (Lipinski definition) is 3. The molecule has 1 amide bonds. The SMILES string of the molecule is CC(C)C(Nc1ccnc(N)c1)C(N)=O. The van der Waals surface area contributed by atoms with E-state index in [4.69, 9.17) is 11.5 Å². The number of carbonyl (C=O) groups is 1. The van der Waals surface area contributed by atoms with Crippen molar-refractivity contribution in [2.24, 2.45) is 11.7 Å². The summed E-state index contributed by atoms with van der Waals surface area (Å²) in [4.78, 5) is 15.0. The van der Waals surface area contributed by atoms with Gasteiger partial charge in [-0.2, -0.15) is 0 Å². The molecule has 82 valence electrons. The van der Waals surface area contributed by atoms with Crippen LogP contribution in [-0.4, -0.2) is 16.9 Å². The van der Waals surface area contributed by atoms with E-state index < -0.39 is 6.04 Å². The number of primary amides is 1. The Labute approximate surface area is 88.9 Å². The molecule has 1 heterocycles. The lowest BCUT2D eigenvalue weighted by atomic mass is 10.0. The Morgan fingerprint density at radius 3 is 2.67 bits per heavy atom. The molecule has 1 atom stereocenters. The van der Waals surface area contributed by atoms with E-state index >= 15 is 0 Å². The first-order chi connectivity index (χ1) is 7.00. The van der Waals surface area contributed by atoms with Crippen molar-refractivity contribution < 1.29 is 4.79 Å². The summed E-state index contributed by atoms with van der Waals surface area (Å²) in [5.41, 5.74) is 11.5. The van der Waals surface area contributed by atoms with Gasteiger partial charge in [-0.1, -0.05) is 13.8 Å². The maximum atomic E-state index is 11.1. The summed E-state index contributed by atoms with van der Waals surface area (Å²) in [6.45, 7) is 3.85. The van der Waals surface area contributed by atoms with Crippen LogP contribution in [0.25, 0.3) is 0 Å². The molecule has 0 radical (unpaired) electrons. The fourth-order valence-electron chi connectivity index (χ4n) is 1.28. The second-order valence-corrected chi connectivity index (χ2v) is 3.74. The van der Waals surface area contributed by atoms with Crippen molar-refractivity contribution >= 4 is 17.4 Å². The minimum atomic E-state index is -0.396. The number of hydrogen-bond acceptors (Lipinski definition) is 4. The molecule has 5 heteroatoms. The highest BCUT2D eigenvalue weighted by atomic mass is 16.1. The minimum absolute atomic E-state index is 0.122. The smallest absolute Gasteiger partial charge is 0.240 e. The number of nitrogens with one attached hydrogen (secondary N) is 1. The van der Waals surface area contributed by atoms with Gasteiger partial charge in [0.15, 0.2) is 0 Å². The first-order valence-corrected chi connectivity index (χ1v) is 4.78. The third-order valence-corrected chi connectivity index (χ3v) is 2.08. The summed E-state index contributed by atoms with van der Waals surface area (Å²) < 4.78 is 0. The van der Waals surface area contributed by atoms with Crippen LogP contribution in [0.1, 0.15) is 13.8 Å². The van der Waals surface area contributed by atoms with Crippen LogP contribution < -0.4 is 16.8 Å². The van der Waals surface area contributed by atoms with Crippen LogP contribution >= 0.6 is 0 Å². The number of aromatic nitrogens is 1. The molecule has 0 bridgehead atoms. The van der Waals surface area contributed by atoms with Crippen LogP contribution in [-0.2, 0) is 4.79 Å². The Bertz CT molecular complexity index is 351. The lowest BCUT2D eigenvalue weighted by Gasteiger charge is -2.20. The molecule has 1 aromatic rings. The van der Waals surface area contributed by atoms with Crippen LogP contribution in [0.5, 0.6) is 0 Å². The van der Waals surface area contributed by atoms with E-state index in [9.17, 15) is 4.79 Å². The number of nitrogens with zero attached hydrogens (tertiary/aromatic N) is 1. The molecule has 0 spiro atoms. The number of amides is 1. The van der Waals surface area contributed by atoms with Gasteiger partial charge >= 0.3 is 0 Å². The standard InChI is InChI=1S/C10H16N4O/c1-6(2)9(10(12)15)14-7-3-4-13-8(11)5-7/h3-6,9H,1-2H3,(H2,12,15)(H3,11,13,14). The van der Waals surface area contributed by atoms with Gasteiger partial charge < -0.3 is 16.8 Å². The third kappa shape index (κ3) is 3.12. The van der Waals surface area contributed by atoms with Gasteiger partial charge in [0.05, 0.1) is 0 Å². The fourth-order valence-corrected chi connectivity index (χ4v) is 1.28. The molecule has 0 saturated carbocycles. The molecule has 15 heavy (non-hydrogen) atoms. The van der Waals surface area contributed by atoms with Crippen molar-refractivity contribution in [2.45, 2.75) is 19.9 Å². The zero-order valence-corrected chi connectivity index (χ0v) is 8.90. The Balaban J connectivity index is 2.79. The summed E-state index contributed by atoms with van der Waals surface area (Å²) in [5.74, 6) is 0.157. The number of carbonyl (C=O) groups excluding carboxylic acids is 1. The molecule has 0 aliphatic rings. The number of rotatable bonds is 4. The largest absolute Gasteiger partial charge is 0.384 e. The van der Waals surface area contributed by atoms with E-state index in [0.717, 1.165) is 5.69 Å². The molecule has 1 unspecified atom stereocenters. The molecular formula is C10H16N4O. The second kappa shape index (κ2) is 4.63. The molecule has 0 aromatic carbocycles. The number of pyridine rings is 1. The molecule has 0 fully saturated rings. The van der Waals surface area contributed by atoms with Crippen LogP contribution in [0.2, 0.25) is 0 Å². The minimum Gasteiger partial charge on any atom is -0.384 e. The Morgan fingerprint density at radius 1 is 1.53 bits per heavy atom. The van der Waals surface area contributed by atoms with Gasteiger partial charge in [-0.3, -0.25) is 4.79 Å². The average molecular weight is 208 g/mol. The Morgan fingerprint density at radius 2 is 2.20 bits per heavy atom. The average Bonchev–Trinajstić information content (AvgIpc) is 2.13. The molecule has 0 aliphatic carbocycles. The number of nitrogens with two attached hydrogens (primary N) is 2. The van der Waals surface area contributed by atoms with E-state index in [1.165, 1.54) is 0 Å². The van der Waals surface area contributed by atoms with E-state index in [1.807, 2.05) is 13.8 Å². The lowest BCUT2D eigenvalue weighted by Crippen LogP contribution is -2.39. The highest BCUT2D eigenvalue weighted by molar-refractivity contribution is 5.83. The zero-order chi connectivity index (χ0) is 11.4. The summed E-state index contributed by atoms with van der Waals surface area (Å²) in [6.07, 6.45) is 1.58. The van der Waals surface area contributed by atoms with Crippen molar-refractivity contribution in [3.8, 4) is 0 Å². The van der Waals surface area contributed by atoms with Gasteiger partial charge in [0.2, 0.25) is 5.91 Å². The maximum absolute atomic E-state index is 11.1. The first-order valence-electron chi connectivity index (χ1n) is 4.78. The van der Waals surface area contributed by atoms with E-state index in [-0.39, 0.29) is 11.8 Å². The van der Waals surface area contributed by atoms with Gasteiger partial charge in [0.25, 0.3) is 0 Å². The van der Waals surface area contributed by atoms with E-state index in [0.29, 0.717) is 5.82 Å². The fraction of sp³-hybridized carbons (Fsp3) is 0.400. The van der Waals surface area contributed by atoms with Gasteiger partial charge in [0, 0.05) is 18.0 Å². The highest BCUT2D eigenvalue weighted by Gasteiger charge is 2.18. The van der Waals surface area contributed by atoms with Gasteiger partial charge in [-0.15, -0.1) is 0 Å². The maximum Gasteiger partial charge on any atom is 0.240 e. The highest BCUT2D eigenvalue weighted by Crippen LogP contribution is 2.13. The third-order valence-electron chi connectivity index (χ3n) is 2.08. The molecule has 1 aromatic heterocycles. The van der Waals surface area contributed by atoms with Crippen molar-refractivity contribution in [2.75, 3.05) is 11.1 Å². The quantitative estimate of drug-likeness (QED) is 0.674. The molecule has 5 nitrogen and oxygen atoms in total. The molecule has 5 N–H and O–H groups in total. The zero-order valence-electron chi connectivity index (χ0n) is 8.90. The Kier molecular flexibility index (Phi) is 3.49. The number of anilines is 2. The summed E-state index contributed by atoms with van der Waals surface area (Å²) in [6, 6.07) is 3.01. The van der Waals surface area contributed by atoms with Crippen LogP contribution in [0.4, 0.5) is 11.5 Å². The van der Waals surface area contributed by atoms with Crippen LogP contribution in [0.15, 0.2) is 18.3 Å². The monoisotopic (exact) mass is 208 g/mol. The topological polar surface area (TPSA) is 94.0 Å². The number of nitrogen functional groups attached to an aromatic ring is 1. The second-order valence-electron chi connectivity index (χ2n) is 3.74.